The second kappa shape index (κ2) is 8.66. The molecule has 0 aliphatic heterocycles. The van der Waals surface area contributed by atoms with Gasteiger partial charge in [-0.2, -0.15) is 0 Å². The van der Waals surface area contributed by atoms with E-state index in [1.807, 2.05) is 19.1 Å². The van der Waals surface area contributed by atoms with Crippen LogP contribution in [0.3, 0.4) is 0 Å². The molecule has 2 nitrogen and oxygen atoms in total. The number of allylic oxidation sites excluding steroid dienone is 1. The maximum atomic E-state index is 5.14. The van der Waals surface area contributed by atoms with Crippen LogP contribution >= 0.6 is 0 Å². The fraction of sp³-hybridized carbons (Fsp3) is 0.625. The Hall–Kier alpha value is -0.340. The first-order valence-corrected chi connectivity index (χ1v) is 3.47. The Morgan fingerprint density at radius 1 is 1.30 bits per heavy atom. The molecular formula is C8H15O2. The van der Waals surface area contributed by atoms with Crippen molar-refractivity contribution >= 4 is 0 Å². The predicted octanol–water partition coefficient (Wildman–Crippen LogP) is 1.43. The van der Waals surface area contributed by atoms with Crippen molar-refractivity contribution < 1.29 is 9.47 Å². The van der Waals surface area contributed by atoms with Crippen LogP contribution in [0.1, 0.15) is 6.92 Å². The maximum absolute atomic E-state index is 5.14. The largest absolute Gasteiger partial charge is 0.379 e. The Bertz CT molecular complexity index is 79.3. The van der Waals surface area contributed by atoms with E-state index in [2.05, 4.69) is 6.92 Å². The lowest BCUT2D eigenvalue weighted by atomic mass is 10.5. The highest BCUT2D eigenvalue weighted by molar-refractivity contribution is 4.75. The lowest BCUT2D eigenvalue weighted by Gasteiger charge is -1.99. The van der Waals surface area contributed by atoms with Gasteiger partial charge in [-0.1, -0.05) is 12.2 Å². The molecule has 0 rings (SSSR count). The van der Waals surface area contributed by atoms with Gasteiger partial charge in [0, 0.05) is 6.61 Å². The Balaban J connectivity index is 2.77. The number of hydrogen-bond acceptors (Lipinski definition) is 2. The van der Waals surface area contributed by atoms with Crippen molar-refractivity contribution in [1.29, 1.82) is 0 Å². The van der Waals surface area contributed by atoms with Gasteiger partial charge >= 0.3 is 0 Å². The average molecular weight is 143 g/mol. The molecule has 0 aromatic heterocycles. The van der Waals surface area contributed by atoms with E-state index in [0.717, 1.165) is 0 Å². The van der Waals surface area contributed by atoms with E-state index in [1.54, 1.807) is 0 Å². The number of rotatable bonds is 6. The Labute approximate surface area is 62.8 Å². The molecule has 0 amide bonds. The van der Waals surface area contributed by atoms with Crippen molar-refractivity contribution in [1.82, 2.24) is 0 Å². The van der Waals surface area contributed by atoms with Crippen LogP contribution in [0, 0.1) is 6.92 Å². The highest BCUT2D eigenvalue weighted by Gasteiger charge is 1.83. The van der Waals surface area contributed by atoms with Crippen LogP contribution in [0.15, 0.2) is 12.2 Å². The summed E-state index contributed by atoms with van der Waals surface area (Å²) < 4.78 is 10.1. The van der Waals surface area contributed by atoms with Crippen LogP contribution < -0.4 is 0 Å². The second-order valence-electron chi connectivity index (χ2n) is 1.76. The Morgan fingerprint density at radius 2 is 2.00 bits per heavy atom. The van der Waals surface area contributed by atoms with Crippen LogP contribution in [0.2, 0.25) is 0 Å². The fourth-order valence-corrected chi connectivity index (χ4v) is 0.468. The Morgan fingerprint density at radius 3 is 2.60 bits per heavy atom. The van der Waals surface area contributed by atoms with Gasteiger partial charge in [0.05, 0.1) is 19.8 Å². The SMILES string of the molecule is [CH2]COCCOCC=CC. The maximum Gasteiger partial charge on any atom is 0.0704 e. The highest BCUT2D eigenvalue weighted by atomic mass is 16.5. The van der Waals surface area contributed by atoms with Gasteiger partial charge in [-0.15, -0.1) is 0 Å². The summed E-state index contributed by atoms with van der Waals surface area (Å²) in [6, 6.07) is 0. The highest BCUT2D eigenvalue weighted by Crippen LogP contribution is 1.78. The van der Waals surface area contributed by atoms with Gasteiger partial charge in [0.2, 0.25) is 0 Å². The monoisotopic (exact) mass is 143 g/mol. The molecule has 0 N–H and O–H groups in total. The molecule has 0 saturated carbocycles. The first-order chi connectivity index (χ1) is 4.91. The van der Waals surface area contributed by atoms with Crippen molar-refractivity contribution in [2.75, 3.05) is 26.4 Å². The molecule has 0 saturated heterocycles. The molecule has 0 fully saturated rings. The normalized spacial score (nSPS) is 11.0. The van der Waals surface area contributed by atoms with Gasteiger partial charge in [0.25, 0.3) is 0 Å². The van der Waals surface area contributed by atoms with Crippen molar-refractivity contribution in [3.63, 3.8) is 0 Å². The van der Waals surface area contributed by atoms with E-state index >= 15 is 0 Å². The summed E-state index contributed by atoms with van der Waals surface area (Å²) in [5.74, 6) is 0. The summed E-state index contributed by atoms with van der Waals surface area (Å²) in [5.41, 5.74) is 0. The molecule has 59 valence electrons. The van der Waals surface area contributed by atoms with Crippen LogP contribution in [0.25, 0.3) is 0 Å². The molecule has 0 aliphatic carbocycles. The molecule has 1 radical (unpaired) electrons. The first kappa shape index (κ1) is 9.66. The van der Waals surface area contributed by atoms with Crippen molar-refractivity contribution in [2.45, 2.75) is 6.92 Å². The minimum absolute atomic E-state index is 0.521. The zero-order chi connectivity index (χ0) is 7.66. The Kier molecular flexibility index (Phi) is 8.37. The van der Waals surface area contributed by atoms with Crippen LogP contribution in [0.5, 0.6) is 0 Å². The molecule has 0 unspecified atom stereocenters. The van der Waals surface area contributed by atoms with Gasteiger partial charge in [0.15, 0.2) is 0 Å². The summed E-state index contributed by atoms with van der Waals surface area (Å²) >= 11 is 0. The van der Waals surface area contributed by atoms with E-state index in [4.69, 9.17) is 9.47 Å². The third-order valence-electron chi connectivity index (χ3n) is 0.966. The lowest BCUT2D eigenvalue weighted by Crippen LogP contribution is -2.03. The number of hydrogen-bond donors (Lipinski definition) is 0. The molecule has 2 heteroatoms. The van der Waals surface area contributed by atoms with Crippen molar-refractivity contribution in [3.8, 4) is 0 Å². The standard InChI is InChI=1S/C8H15O2/c1-3-5-6-10-8-7-9-4-2/h3,5H,2,4,6-8H2,1H3. The molecule has 10 heavy (non-hydrogen) atoms. The third-order valence-corrected chi connectivity index (χ3v) is 0.966. The van der Waals surface area contributed by atoms with Gasteiger partial charge in [-0.05, 0) is 13.8 Å². The molecule has 0 aliphatic rings. The van der Waals surface area contributed by atoms with E-state index in [-0.39, 0.29) is 0 Å². The molecule has 0 aromatic carbocycles. The van der Waals surface area contributed by atoms with E-state index in [9.17, 15) is 0 Å². The zero-order valence-corrected chi connectivity index (χ0v) is 6.51. The van der Waals surface area contributed by atoms with Gasteiger partial charge in [0.1, 0.15) is 0 Å². The van der Waals surface area contributed by atoms with Gasteiger partial charge in [-0.25, -0.2) is 0 Å². The molecular weight excluding hydrogens is 128 g/mol. The minimum Gasteiger partial charge on any atom is -0.379 e. The quantitative estimate of drug-likeness (QED) is 0.413. The zero-order valence-electron chi connectivity index (χ0n) is 6.51. The van der Waals surface area contributed by atoms with E-state index < -0.39 is 0 Å². The summed E-state index contributed by atoms with van der Waals surface area (Å²) in [5, 5.41) is 0. The first-order valence-electron chi connectivity index (χ1n) is 3.47. The minimum atomic E-state index is 0.521. The van der Waals surface area contributed by atoms with E-state index in [0.29, 0.717) is 26.4 Å². The topological polar surface area (TPSA) is 18.5 Å². The molecule has 0 atom stereocenters. The second-order valence-corrected chi connectivity index (χ2v) is 1.76. The van der Waals surface area contributed by atoms with Gasteiger partial charge < -0.3 is 9.47 Å². The summed E-state index contributed by atoms with van der Waals surface area (Å²) in [6.45, 7) is 7.99. The molecule has 0 aromatic rings. The van der Waals surface area contributed by atoms with Crippen molar-refractivity contribution in [3.05, 3.63) is 19.1 Å². The number of ether oxygens (including phenoxy) is 2. The van der Waals surface area contributed by atoms with Crippen LogP contribution in [0.4, 0.5) is 0 Å². The fourth-order valence-electron chi connectivity index (χ4n) is 0.468. The summed E-state index contributed by atoms with van der Waals surface area (Å²) in [7, 11) is 0. The summed E-state index contributed by atoms with van der Waals surface area (Å²) in [4.78, 5) is 0. The average Bonchev–Trinajstić information content (AvgIpc) is 1.97. The molecule has 0 spiro atoms. The van der Waals surface area contributed by atoms with Crippen molar-refractivity contribution in [2.24, 2.45) is 0 Å². The molecule has 0 heterocycles. The predicted molar refractivity (Wildman–Crippen MR) is 41.8 cm³/mol. The third kappa shape index (κ3) is 7.66. The van der Waals surface area contributed by atoms with Crippen LogP contribution in [-0.4, -0.2) is 26.4 Å². The lowest BCUT2D eigenvalue weighted by molar-refractivity contribution is 0.0702. The van der Waals surface area contributed by atoms with Crippen LogP contribution in [-0.2, 0) is 9.47 Å². The smallest absolute Gasteiger partial charge is 0.0704 e. The summed E-state index contributed by atoms with van der Waals surface area (Å²) in [6.07, 6.45) is 3.92. The van der Waals surface area contributed by atoms with Gasteiger partial charge in [-0.3, -0.25) is 0 Å². The van der Waals surface area contributed by atoms with E-state index in [1.165, 1.54) is 0 Å². The molecule has 0 bridgehead atoms.